The first kappa shape index (κ1) is 17.8. The molecule has 25 heavy (non-hydrogen) atoms. The zero-order chi connectivity index (χ0) is 17.8. The average molecular weight is 369 g/mol. The number of likely N-dealkylation sites (tertiary alicyclic amines) is 1. The summed E-state index contributed by atoms with van der Waals surface area (Å²) in [7, 11) is 0. The summed E-state index contributed by atoms with van der Waals surface area (Å²) in [4.78, 5) is 24.9. The third kappa shape index (κ3) is 4.55. The highest BCUT2D eigenvalue weighted by molar-refractivity contribution is 6.31. The molecule has 2 saturated heterocycles. The van der Waals surface area contributed by atoms with Crippen LogP contribution in [-0.2, 0) is 9.53 Å². The smallest absolute Gasteiger partial charge is 0.321 e. The molecule has 8 heteroatoms. The summed E-state index contributed by atoms with van der Waals surface area (Å²) in [6, 6.07) is 4.70. The minimum absolute atomic E-state index is 0.206. The van der Waals surface area contributed by atoms with Crippen LogP contribution in [0.1, 0.15) is 12.8 Å². The van der Waals surface area contributed by atoms with Crippen LogP contribution in [0.5, 0.6) is 5.75 Å². The minimum Gasteiger partial charge on any atom is -0.491 e. The van der Waals surface area contributed by atoms with Crippen molar-refractivity contribution in [3.63, 3.8) is 0 Å². The lowest BCUT2D eigenvalue weighted by molar-refractivity contribution is -0.141. The number of nitrogens with one attached hydrogen (secondary N) is 1. The fourth-order valence-electron chi connectivity index (χ4n) is 2.99. The number of hydrogen-bond donors (Lipinski definition) is 2. The largest absolute Gasteiger partial charge is 0.491 e. The number of amides is 2. The van der Waals surface area contributed by atoms with Crippen molar-refractivity contribution in [1.29, 1.82) is 0 Å². The molecule has 2 N–H and O–H groups in total. The Morgan fingerprint density at radius 1 is 1.40 bits per heavy atom. The van der Waals surface area contributed by atoms with Crippen LogP contribution in [0.2, 0.25) is 5.02 Å². The number of carbonyl (C=O) groups is 2. The molecule has 0 radical (unpaired) electrons. The van der Waals surface area contributed by atoms with Crippen molar-refractivity contribution in [3.05, 3.63) is 23.2 Å². The molecule has 2 aliphatic rings. The fourth-order valence-corrected chi connectivity index (χ4v) is 3.16. The first-order chi connectivity index (χ1) is 12.0. The number of carbonyl (C=O) groups excluding carboxylic acids is 1. The molecule has 136 valence electrons. The second-order valence-electron chi connectivity index (χ2n) is 6.38. The maximum atomic E-state index is 12.4. The number of halogens is 1. The molecule has 0 aromatic heterocycles. The first-order valence-electron chi connectivity index (χ1n) is 8.31. The molecule has 0 aliphatic carbocycles. The second-order valence-corrected chi connectivity index (χ2v) is 6.82. The summed E-state index contributed by atoms with van der Waals surface area (Å²) in [6.07, 6.45) is 1.42. The number of ether oxygens (including phenoxy) is 2. The van der Waals surface area contributed by atoms with Crippen molar-refractivity contribution < 1.29 is 24.2 Å². The highest BCUT2D eigenvalue weighted by atomic mass is 35.5. The topological polar surface area (TPSA) is 88.1 Å². The maximum absolute atomic E-state index is 12.4. The first-order valence-corrected chi connectivity index (χ1v) is 8.69. The van der Waals surface area contributed by atoms with Crippen LogP contribution >= 0.6 is 11.6 Å². The summed E-state index contributed by atoms with van der Waals surface area (Å²) in [5.41, 5.74) is 0.482. The molecule has 2 heterocycles. The van der Waals surface area contributed by atoms with Gasteiger partial charge in [-0.1, -0.05) is 11.6 Å². The van der Waals surface area contributed by atoms with E-state index in [4.69, 9.17) is 26.2 Å². The van der Waals surface area contributed by atoms with E-state index in [1.165, 1.54) is 4.90 Å². The SMILES string of the molecule is O=C(O)C1CCN(C(=O)Nc2cc(Cl)ccc2OCC2CCOC2)C1. The number of rotatable bonds is 5. The highest BCUT2D eigenvalue weighted by Crippen LogP contribution is 2.30. The number of carboxylic acid groups (broad SMARTS) is 1. The number of anilines is 1. The van der Waals surface area contributed by atoms with Gasteiger partial charge >= 0.3 is 12.0 Å². The minimum atomic E-state index is -0.874. The third-order valence-electron chi connectivity index (χ3n) is 4.51. The van der Waals surface area contributed by atoms with Crippen LogP contribution in [0.25, 0.3) is 0 Å². The Morgan fingerprint density at radius 2 is 2.24 bits per heavy atom. The van der Waals surface area contributed by atoms with E-state index in [0.29, 0.717) is 48.6 Å². The molecule has 2 fully saturated rings. The van der Waals surface area contributed by atoms with Gasteiger partial charge in [0.05, 0.1) is 24.8 Å². The van der Waals surface area contributed by atoms with E-state index < -0.39 is 11.9 Å². The van der Waals surface area contributed by atoms with Crippen molar-refractivity contribution in [1.82, 2.24) is 4.90 Å². The molecule has 2 amide bonds. The Labute approximate surface area is 150 Å². The molecular weight excluding hydrogens is 348 g/mol. The molecular formula is C17H21ClN2O5. The van der Waals surface area contributed by atoms with E-state index in [-0.39, 0.29) is 12.6 Å². The molecule has 2 aliphatic heterocycles. The van der Waals surface area contributed by atoms with Crippen molar-refractivity contribution >= 4 is 29.3 Å². The zero-order valence-corrected chi connectivity index (χ0v) is 14.5. The van der Waals surface area contributed by atoms with E-state index in [2.05, 4.69) is 5.32 Å². The predicted octanol–water partition coefficient (Wildman–Crippen LogP) is 2.69. The lowest BCUT2D eigenvalue weighted by atomic mass is 10.1. The number of urea groups is 1. The van der Waals surface area contributed by atoms with Gasteiger partial charge in [0, 0.05) is 30.6 Å². The number of benzene rings is 1. The van der Waals surface area contributed by atoms with Crippen LogP contribution in [0.4, 0.5) is 10.5 Å². The van der Waals surface area contributed by atoms with Gasteiger partial charge in [-0.25, -0.2) is 4.79 Å². The number of aliphatic carboxylic acids is 1. The van der Waals surface area contributed by atoms with Crippen molar-refractivity contribution in [3.8, 4) is 5.75 Å². The summed E-state index contributed by atoms with van der Waals surface area (Å²) in [6.45, 7) is 2.56. The Balaban J connectivity index is 1.63. The predicted molar refractivity (Wildman–Crippen MR) is 92.2 cm³/mol. The third-order valence-corrected chi connectivity index (χ3v) is 4.74. The molecule has 3 rings (SSSR count). The molecule has 2 atom stereocenters. The van der Waals surface area contributed by atoms with Gasteiger partial charge in [0.25, 0.3) is 0 Å². The number of nitrogens with zero attached hydrogens (tertiary/aromatic N) is 1. The molecule has 7 nitrogen and oxygen atoms in total. The van der Waals surface area contributed by atoms with Crippen molar-refractivity contribution in [2.24, 2.45) is 11.8 Å². The van der Waals surface area contributed by atoms with Gasteiger partial charge in [0.15, 0.2) is 0 Å². The van der Waals surface area contributed by atoms with Crippen LogP contribution in [0, 0.1) is 11.8 Å². The van der Waals surface area contributed by atoms with Gasteiger partial charge in [0.2, 0.25) is 0 Å². The maximum Gasteiger partial charge on any atom is 0.321 e. The number of hydrogen-bond acceptors (Lipinski definition) is 4. The lowest BCUT2D eigenvalue weighted by Crippen LogP contribution is -2.34. The molecule has 0 bridgehead atoms. The van der Waals surface area contributed by atoms with Gasteiger partial charge in [-0.3, -0.25) is 4.79 Å². The number of carboxylic acids is 1. The lowest BCUT2D eigenvalue weighted by Gasteiger charge is -2.19. The van der Waals surface area contributed by atoms with Crippen molar-refractivity contribution in [2.75, 3.05) is 38.2 Å². The van der Waals surface area contributed by atoms with E-state index in [1.807, 2.05) is 0 Å². The van der Waals surface area contributed by atoms with Gasteiger partial charge < -0.3 is 24.8 Å². The standard InChI is InChI=1S/C17H21ClN2O5/c18-13-1-2-15(25-10-11-4-6-24-9-11)14(7-13)19-17(23)20-5-3-12(8-20)16(21)22/h1-2,7,11-12H,3-6,8-10H2,(H,19,23)(H,21,22). The van der Waals surface area contributed by atoms with E-state index in [0.717, 1.165) is 13.0 Å². The van der Waals surface area contributed by atoms with E-state index in [9.17, 15) is 9.59 Å². The van der Waals surface area contributed by atoms with Crippen molar-refractivity contribution in [2.45, 2.75) is 12.8 Å². The highest BCUT2D eigenvalue weighted by Gasteiger charge is 2.31. The molecule has 1 aromatic carbocycles. The van der Waals surface area contributed by atoms with Crippen LogP contribution in [0.3, 0.4) is 0 Å². The average Bonchev–Trinajstić information content (AvgIpc) is 3.26. The zero-order valence-electron chi connectivity index (χ0n) is 13.7. The van der Waals surface area contributed by atoms with Gasteiger partial charge in [-0.15, -0.1) is 0 Å². The van der Waals surface area contributed by atoms with Gasteiger partial charge in [-0.05, 0) is 31.0 Å². The van der Waals surface area contributed by atoms with E-state index >= 15 is 0 Å². The Kier molecular flexibility index (Phi) is 5.65. The Morgan fingerprint density at radius 3 is 2.92 bits per heavy atom. The van der Waals surface area contributed by atoms with Crippen LogP contribution < -0.4 is 10.1 Å². The normalized spacial score (nSPS) is 22.8. The Hall–Kier alpha value is -1.99. The quantitative estimate of drug-likeness (QED) is 0.834. The monoisotopic (exact) mass is 368 g/mol. The van der Waals surface area contributed by atoms with E-state index in [1.54, 1.807) is 18.2 Å². The summed E-state index contributed by atoms with van der Waals surface area (Å²) < 4.78 is 11.2. The molecule has 0 saturated carbocycles. The van der Waals surface area contributed by atoms with Crippen LogP contribution in [0.15, 0.2) is 18.2 Å². The second kappa shape index (κ2) is 7.93. The Bertz CT molecular complexity index is 648. The van der Waals surface area contributed by atoms with Gasteiger partial charge in [-0.2, -0.15) is 0 Å². The summed E-state index contributed by atoms with van der Waals surface area (Å²) in [5, 5.41) is 12.3. The molecule has 0 spiro atoms. The van der Waals surface area contributed by atoms with Gasteiger partial charge in [0.1, 0.15) is 5.75 Å². The molecule has 2 unspecified atom stereocenters. The summed E-state index contributed by atoms with van der Waals surface area (Å²) >= 11 is 6.03. The molecule has 1 aromatic rings. The van der Waals surface area contributed by atoms with Crippen LogP contribution in [-0.4, -0.2) is 54.9 Å². The fraction of sp³-hybridized carbons (Fsp3) is 0.529. The summed E-state index contributed by atoms with van der Waals surface area (Å²) in [5.74, 6) is -0.503.